The second-order valence-electron chi connectivity index (χ2n) is 6.00. The van der Waals surface area contributed by atoms with Crippen molar-refractivity contribution in [2.45, 2.75) is 51.0 Å². The van der Waals surface area contributed by atoms with E-state index in [1.54, 1.807) is 6.07 Å². The van der Waals surface area contributed by atoms with Gasteiger partial charge in [0.05, 0.1) is 5.56 Å². The second kappa shape index (κ2) is 6.36. The van der Waals surface area contributed by atoms with Gasteiger partial charge in [-0.1, -0.05) is 12.1 Å². The van der Waals surface area contributed by atoms with Gasteiger partial charge in [-0.15, -0.1) is 0 Å². The molecule has 0 aromatic heterocycles. The van der Waals surface area contributed by atoms with E-state index in [2.05, 4.69) is 24.2 Å². The maximum Gasteiger partial charge on any atom is 0.416 e. The highest BCUT2D eigenvalue weighted by molar-refractivity contribution is 5.27. The molecular formula is C16H23F3N2. The van der Waals surface area contributed by atoms with E-state index in [9.17, 15) is 13.2 Å². The molecule has 0 saturated heterocycles. The number of benzene rings is 1. The molecule has 1 aromatic carbocycles. The summed E-state index contributed by atoms with van der Waals surface area (Å²) in [6, 6.07) is 6.52. The summed E-state index contributed by atoms with van der Waals surface area (Å²) in [5.74, 6) is 0. The van der Waals surface area contributed by atoms with Gasteiger partial charge >= 0.3 is 6.18 Å². The van der Waals surface area contributed by atoms with Gasteiger partial charge in [0.15, 0.2) is 0 Å². The average Bonchev–Trinajstić information content (AvgIpc) is 3.27. The van der Waals surface area contributed by atoms with Gasteiger partial charge in [-0.25, -0.2) is 0 Å². The largest absolute Gasteiger partial charge is 0.416 e. The monoisotopic (exact) mass is 300 g/mol. The Bertz CT molecular complexity index is 469. The molecule has 1 saturated carbocycles. The van der Waals surface area contributed by atoms with Crippen LogP contribution in [0.4, 0.5) is 13.2 Å². The van der Waals surface area contributed by atoms with E-state index in [-0.39, 0.29) is 6.04 Å². The summed E-state index contributed by atoms with van der Waals surface area (Å²) in [6.45, 7) is 4.81. The van der Waals surface area contributed by atoms with Crippen molar-refractivity contribution in [3.05, 3.63) is 35.4 Å². The zero-order valence-electron chi connectivity index (χ0n) is 12.7. The first-order valence-corrected chi connectivity index (χ1v) is 7.41. The van der Waals surface area contributed by atoms with Gasteiger partial charge in [0.25, 0.3) is 0 Å². The Balaban J connectivity index is 1.92. The van der Waals surface area contributed by atoms with E-state index >= 15 is 0 Å². The van der Waals surface area contributed by atoms with Gasteiger partial charge in [0.2, 0.25) is 0 Å². The van der Waals surface area contributed by atoms with Gasteiger partial charge in [-0.2, -0.15) is 13.2 Å². The average molecular weight is 300 g/mol. The Morgan fingerprint density at radius 1 is 1.29 bits per heavy atom. The number of halogens is 3. The minimum absolute atomic E-state index is 0.0950. The van der Waals surface area contributed by atoms with Crippen molar-refractivity contribution in [2.75, 3.05) is 13.6 Å². The molecule has 5 heteroatoms. The summed E-state index contributed by atoms with van der Waals surface area (Å²) >= 11 is 0. The molecule has 2 atom stereocenters. The van der Waals surface area contributed by atoms with Crippen LogP contribution in [0.3, 0.4) is 0 Å². The SMILES string of the molecule is CC(NCC(C)N(C)C1CC1)c1cccc(C(F)(F)F)c1. The summed E-state index contributed by atoms with van der Waals surface area (Å²) in [4.78, 5) is 2.34. The minimum Gasteiger partial charge on any atom is -0.309 e. The van der Waals surface area contributed by atoms with Crippen LogP contribution >= 0.6 is 0 Å². The molecule has 1 aromatic rings. The van der Waals surface area contributed by atoms with Crippen LogP contribution < -0.4 is 5.32 Å². The summed E-state index contributed by atoms with van der Waals surface area (Å²) in [5.41, 5.74) is 0.0860. The molecule has 2 nitrogen and oxygen atoms in total. The van der Waals surface area contributed by atoms with Crippen molar-refractivity contribution in [1.82, 2.24) is 10.2 Å². The predicted molar refractivity (Wildman–Crippen MR) is 78.1 cm³/mol. The van der Waals surface area contributed by atoms with Crippen LogP contribution in [-0.2, 0) is 6.18 Å². The Morgan fingerprint density at radius 2 is 1.95 bits per heavy atom. The molecule has 1 aliphatic rings. The molecule has 1 N–H and O–H groups in total. The van der Waals surface area contributed by atoms with Crippen molar-refractivity contribution in [3.63, 3.8) is 0 Å². The number of likely N-dealkylation sites (N-methyl/N-ethyl adjacent to an activating group) is 1. The summed E-state index contributed by atoms with van der Waals surface area (Å²) in [7, 11) is 2.11. The minimum atomic E-state index is -4.28. The summed E-state index contributed by atoms with van der Waals surface area (Å²) in [6.07, 6.45) is -1.77. The zero-order chi connectivity index (χ0) is 15.6. The second-order valence-corrected chi connectivity index (χ2v) is 6.00. The molecule has 0 spiro atoms. The highest BCUT2D eigenvalue weighted by Gasteiger charge is 2.31. The van der Waals surface area contributed by atoms with Crippen LogP contribution in [0.25, 0.3) is 0 Å². The van der Waals surface area contributed by atoms with Crippen LogP contribution in [0.5, 0.6) is 0 Å². The van der Waals surface area contributed by atoms with Crippen LogP contribution in [0.15, 0.2) is 24.3 Å². The molecule has 2 rings (SSSR count). The normalized spacial score (nSPS) is 18.8. The lowest BCUT2D eigenvalue weighted by atomic mass is 10.0. The Kier molecular flexibility index (Phi) is 4.94. The Morgan fingerprint density at radius 3 is 2.52 bits per heavy atom. The summed E-state index contributed by atoms with van der Waals surface area (Å²) < 4.78 is 38.2. The van der Waals surface area contributed by atoms with Gasteiger partial charge in [0.1, 0.15) is 0 Å². The fraction of sp³-hybridized carbons (Fsp3) is 0.625. The van der Waals surface area contributed by atoms with E-state index in [4.69, 9.17) is 0 Å². The molecule has 0 radical (unpaired) electrons. The first-order valence-electron chi connectivity index (χ1n) is 7.41. The molecule has 1 aliphatic carbocycles. The number of alkyl halides is 3. The maximum absolute atomic E-state index is 12.7. The lowest BCUT2D eigenvalue weighted by Gasteiger charge is -2.26. The fourth-order valence-electron chi connectivity index (χ4n) is 2.44. The van der Waals surface area contributed by atoms with E-state index in [0.29, 0.717) is 17.6 Å². The molecule has 118 valence electrons. The first kappa shape index (κ1) is 16.3. The van der Waals surface area contributed by atoms with Crippen LogP contribution in [0, 0.1) is 0 Å². The van der Waals surface area contributed by atoms with Crippen molar-refractivity contribution in [2.24, 2.45) is 0 Å². The molecule has 0 heterocycles. The third-order valence-corrected chi connectivity index (χ3v) is 4.25. The van der Waals surface area contributed by atoms with Crippen molar-refractivity contribution >= 4 is 0 Å². The number of hydrogen-bond donors (Lipinski definition) is 1. The first-order chi connectivity index (χ1) is 9.79. The molecular weight excluding hydrogens is 277 g/mol. The topological polar surface area (TPSA) is 15.3 Å². The van der Waals surface area contributed by atoms with E-state index in [1.807, 2.05) is 6.92 Å². The standard InChI is InChI=1S/C16H23F3N2/c1-11(21(3)15-7-8-15)10-20-12(2)13-5-4-6-14(9-13)16(17,18)19/h4-6,9,11-12,15,20H,7-8,10H2,1-3H3. The van der Waals surface area contributed by atoms with Crippen LogP contribution in [0.2, 0.25) is 0 Å². The molecule has 2 unspecified atom stereocenters. The molecule has 0 amide bonds. The quantitative estimate of drug-likeness (QED) is 0.858. The molecule has 21 heavy (non-hydrogen) atoms. The summed E-state index contributed by atoms with van der Waals surface area (Å²) in [5, 5.41) is 3.33. The van der Waals surface area contributed by atoms with E-state index < -0.39 is 11.7 Å². The Hall–Kier alpha value is -1.07. The molecule has 1 fully saturated rings. The van der Waals surface area contributed by atoms with Gasteiger partial charge in [0, 0.05) is 24.7 Å². The third kappa shape index (κ3) is 4.45. The zero-order valence-corrected chi connectivity index (χ0v) is 12.7. The van der Waals surface area contributed by atoms with Crippen molar-refractivity contribution < 1.29 is 13.2 Å². The van der Waals surface area contributed by atoms with Crippen LogP contribution in [-0.4, -0.2) is 30.6 Å². The van der Waals surface area contributed by atoms with Crippen molar-refractivity contribution in [3.8, 4) is 0 Å². The van der Waals surface area contributed by atoms with E-state index in [0.717, 1.165) is 12.6 Å². The predicted octanol–water partition coefficient (Wildman–Crippen LogP) is 3.84. The lowest BCUT2D eigenvalue weighted by Crippen LogP contribution is -2.39. The highest BCUT2D eigenvalue weighted by atomic mass is 19.4. The number of nitrogens with one attached hydrogen (secondary N) is 1. The smallest absolute Gasteiger partial charge is 0.309 e. The number of nitrogens with zero attached hydrogens (tertiary/aromatic N) is 1. The number of rotatable bonds is 6. The number of hydrogen-bond acceptors (Lipinski definition) is 2. The Labute approximate surface area is 124 Å². The fourth-order valence-corrected chi connectivity index (χ4v) is 2.44. The maximum atomic E-state index is 12.7. The molecule has 0 bridgehead atoms. The van der Waals surface area contributed by atoms with Crippen LogP contribution in [0.1, 0.15) is 43.9 Å². The molecule has 0 aliphatic heterocycles. The lowest BCUT2D eigenvalue weighted by molar-refractivity contribution is -0.137. The van der Waals surface area contributed by atoms with E-state index in [1.165, 1.54) is 25.0 Å². The highest BCUT2D eigenvalue weighted by Crippen LogP contribution is 2.31. The van der Waals surface area contributed by atoms with Gasteiger partial charge in [-0.3, -0.25) is 4.90 Å². The van der Waals surface area contributed by atoms with Gasteiger partial charge < -0.3 is 5.32 Å². The van der Waals surface area contributed by atoms with Crippen molar-refractivity contribution in [1.29, 1.82) is 0 Å². The van der Waals surface area contributed by atoms with Gasteiger partial charge in [-0.05, 0) is 51.4 Å². The third-order valence-electron chi connectivity index (χ3n) is 4.25.